The highest BCUT2D eigenvalue weighted by atomic mass is 16.1. The third kappa shape index (κ3) is 2.61. The normalized spacial score (nSPS) is 10.8. The third-order valence-corrected chi connectivity index (χ3v) is 4.12. The predicted octanol–water partition coefficient (Wildman–Crippen LogP) is 4.11. The van der Waals surface area contributed by atoms with Crippen LogP contribution >= 0.6 is 0 Å². The van der Waals surface area contributed by atoms with E-state index in [1.54, 1.807) is 10.8 Å². The molecule has 116 valence electrons. The van der Waals surface area contributed by atoms with Gasteiger partial charge in [-0.15, -0.1) is 0 Å². The van der Waals surface area contributed by atoms with Gasteiger partial charge in [-0.3, -0.25) is 9.36 Å². The van der Waals surface area contributed by atoms with Crippen LogP contribution in [0.5, 0.6) is 0 Å². The summed E-state index contributed by atoms with van der Waals surface area (Å²) in [5.74, 6) is 0. The summed E-state index contributed by atoms with van der Waals surface area (Å²) in [7, 11) is 0. The molecular weight excluding hydrogens is 296 g/mol. The minimum Gasteiger partial charge on any atom is -0.288 e. The smallest absolute Gasteiger partial charge is 0.260 e. The van der Waals surface area contributed by atoms with Crippen LogP contribution in [0.1, 0.15) is 5.56 Å². The maximum absolute atomic E-state index is 13.1. The molecule has 0 aliphatic rings. The summed E-state index contributed by atoms with van der Waals surface area (Å²) < 4.78 is 1.76. The first-order chi connectivity index (χ1) is 11.8. The minimum absolute atomic E-state index is 0.0174. The Labute approximate surface area is 139 Å². The van der Waals surface area contributed by atoms with Crippen LogP contribution in [0.3, 0.4) is 0 Å². The molecule has 0 radical (unpaired) electrons. The van der Waals surface area contributed by atoms with Gasteiger partial charge in [0.25, 0.3) is 5.56 Å². The number of nitrogens with zero attached hydrogens (tertiary/aromatic N) is 2. The maximum atomic E-state index is 13.1. The Hall–Kier alpha value is -3.20. The monoisotopic (exact) mass is 312 g/mol. The van der Waals surface area contributed by atoms with Gasteiger partial charge in [0.05, 0.1) is 6.54 Å². The van der Waals surface area contributed by atoms with Crippen molar-refractivity contribution in [3.8, 4) is 11.1 Å². The van der Waals surface area contributed by atoms with E-state index < -0.39 is 0 Å². The van der Waals surface area contributed by atoms with Crippen LogP contribution < -0.4 is 5.56 Å². The van der Waals surface area contributed by atoms with Crippen molar-refractivity contribution in [3.05, 3.63) is 101 Å². The van der Waals surface area contributed by atoms with Gasteiger partial charge in [0.15, 0.2) is 0 Å². The van der Waals surface area contributed by atoms with Crippen molar-refractivity contribution in [3.63, 3.8) is 0 Å². The Morgan fingerprint density at radius 1 is 0.833 bits per heavy atom. The molecule has 4 rings (SSSR count). The Morgan fingerprint density at radius 3 is 2.29 bits per heavy atom. The van der Waals surface area contributed by atoms with E-state index in [-0.39, 0.29) is 5.56 Å². The molecule has 3 nitrogen and oxygen atoms in total. The van der Waals surface area contributed by atoms with Crippen LogP contribution in [-0.2, 0) is 6.54 Å². The van der Waals surface area contributed by atoms with E-state index >= 15 is 0 Å². The molecule has 3 heteroatoms. The summed E-state index contributed by atoms with van der Waals surface area (Å²) in [4.78, 5) is 17.5. The van der Waals surface area contributed by atoms with Gasteiger partial charge in [0.2, 0.25) is 0 Å². The second-order valence-electron chi connectivity index (χ2n) is 5.72. The molecule has 4 aromatic rings. The van der Waals surface area contributed by atoms with Crippen LogP contribution in [0.2, 0.25) is 0 Å². The van der Waals surface area contributed by atoms with Crippen LogP contribution in [0.4, 0.5) is 0 Å². The van der Waals surface area contributed by atoms with E-state index in [4.69, 9.17) is 0 Å². The molecule has 2 heterocycles. The molecule has 0 atom stereocenters. The molecule has 0 N–H and O–H groups in total. The Morgan fingerprint density at radius 2 is 1.54 bits per heavy atom. The molecule has 0 aliphatic carbocycles. The quantitative estimate of drug-likeness (QED) is 0.570. The van der Waals surface area contributed by atoms with Gasteiger partial charge in [-0.1, -0.05) is 60.7 Å². The fourth-order valence-electron chi connectivity index (χ4n) is 2.94. The number of hydrogen-bond donors (Lipinski definition) is 0. The molecule has 2 aromatic heterocycles. The molecule has 0 aliphatic heterocycles. The minimum atomic E-state index is -0.0174. The van der Waals surface area contributed by atoms with Gasteiger partial charge in [-0.25, -0.2) is 4.98 Å². The summed E-state index contributed by atoms with van der Waals surface area (Å²) in [5.41, 5.74) is 3.40. The zero-order valence-corrected chi connectivity index (χ0v) is 13.1. The van der Waals surface area contributed by atoms with Crippen molar-refractivity contribution in [2.75, 3.05) is 0 Å². The van der Waals surface area contributed by atoms with E-state index in [1.807, 2.05) is 78.9 Å². The van der Waals surface area contributed by atoms with Crippen molar-refractivity contribution < 1.29 is 0 Å². The zero-order valence-electron chi connectivity index (χ0n) is 13.1. The molecule has 0 saturated carbocycles. The highest BCUT2D eigenvalue weighted by Gasteiger charge is 2.12. The maximum Gasteiger partial charge on any atom is 0.260 e. The molecule has 2 aromatic carbocycles. The summed E-state index contributed by atoms with van der Waals surface area (Å²) in [6.07, 6.45) is 1.73. The number of aromatic nitrogens is 2. The fourth-order valence-corrected chi connectivity index (χ4v) is 2.94. The summed E-state index contributed by atoms with van der Waals surface area (Å²) in [6, 6.07) is 25.6. The van der Waals surface area contributed by atoms with Gasteiger partial charge in [-0.05, 0) is 29.3 Å². The van der Waals surface area contributed by atoms with Crippen molar-refractivity contribution in [2.24, 2.45) is 0 Å². The number of hydrogen-bond acceptors (Lipinski definition) is 2. The predicted molar refractivity (Wildman–Crippen MR) is 97.0 cm³/mol. The lowest BCUT2D eigenvalue weighted by Gasteiger charge is -2.12. The molecule has 0 amide bonds. The second kappa shape index (κ2) is 6.13. The van der Waals surface area contributed by atoms with Gasteiger partial charge < -0.3 is 0 Å². The average Bonchev–Trinajstić information content (AvgIpc) is 2.65. The van der Waals surface area contributed by atoms with Crippen LogP contribution in [0, 0.1) is 0 Å². The molecule has 0 fully saturated rings. The Kier molecular flexibility index (Phi) is 3.67. The molecule has 0 spiro atoms. The Bertz CT molecular complexity index is 1040. The SMILES string of the molecule is O=c1c(-c2ccccc2)cc2cccnc2n1Cc1ccccc1. The fraction of sp³-hybridized carbons (Fsp3) is 0.0476. The number of rotatable bonds is 3. The summed E-state index contributed by atoms with van der Waals surface area (Å²) >= 11 is 0. The third-order valence-electron chi connectivity index (χ3n) is 4.12. The van der Waals surface area contributed by atoms with Gasteiger partial charge >= 0.3 is 0 Å². The van der Waals surface area contributed by atoms with Crippen molar-refractivity contribution in [1.82, 2.24) is 9.55 Å². The standard InChI is InChI=1S/C21H16N2O/c24-21-19(17-10-5-2-6-11-17)14-18-12-7-13-22-20(18)23(21)15-16-8-3-1-4-9-16/h1-14H,15H2. The first-order valence-electron chi connectivity index (χ1n) is 7.91. The lowest BCUT2D eigenvalue weighted by molar-refractivity contribution is 0.785. The van der Waals surface area contributed by atoms with Crippen molar-refractivity contribution in [1.29, 1.82) is 0 Å². The zero-order chi connectivity index (χ0) is 16.4. The van der Waals surface area contributed by atoms with Crippen molar-refractivity contribution in [2.45, 2.75) is 6.54 Å². The second-order valence-corrected chi connectivity index (χ2v) is 5.72. The highest BCUT2D eigenvalue weighted by Crippen LogP contribution is 2.20. The van der Waals surface area contributed by atoms with E-state index in [1.165, 1.54) is 0 Å². The van der Waals surface area contributed by atoms with Gasteiger partial charge in [0, 0.05) is 17.1 Å². The van der Waals surface area contributed by atoms with Crippen LogP contribution in [0.15, 0.2) is 89.9 Å². The van der Waals surface area contributed by atoms with E-state index in [9.17, 15) is 4.79 Å². The molecule has 0 unspecified atom stereocenters. The topological polar surface area (TPSA) is 34.9 Å². The van der Waals surface area contributed by atoms with Gasteiger partial charge in [-0.2, -0.15) is 0 Å². The number of benzene rings is 2. The van der Waals surface area contributed by atoms with Crippen molar-refractivity contribution >= 4 is 11.0 Å². The molecule has 0 saturated heterocycles. The summed E-state index contributed by atoms with van der Waals surface area (Å²) in [5, 5.41) is 0.965. The highest BCUT2D eigenvalue weighted by molar-refractivity contribution is 5.81. The lowest BCUT2D eigenvalue weighted by atomic mass is 10.1. The number of pyridine rings is 2. The number of fused-ring (bicyclic) bond motifs is 1. The van der Waals surface area contributed by atoms with E-state index in [2.05, 4.69) is 4.98 Å². The molecule has 24 heavy (non-hydrogen) atoms. The first-order valence-corrected chi connectivity index (χ1v) is 7.91. The molecule has 0 bridgehead atoms. The van der Waals surface area contributed by atoms with Crippen LogP contribution in [-0.4, -0.2) is 9.55 Å². The summed E-state index contributed by atoms with van der Waals surface area (Å²) in [6.45, 7) is 0.508. The average molecular weight is 312 g/mol. The van der Waals surface area contributed by atoms with E-state index in [0.717, 1.165) is 16.5 Å². The lowest BCUT2D eigenvalue weighted by Crippen LogP contribution is -2.23. The molecular formula is C21H16N2O. The van der Waals surface area contributed by atoms with Gasteiger partial charge in [0.1, 0.15) is 5.65 Å². The largest absolute Gasteiger partial charge is 0.288 e. The Balaban J connectivity index is 1.97. The van der Waals surface area contributed by atoms with E-state index in [0.29, 0.717) is 17.8 Å². The first kappa shape index (κ1) is 14.4. The van der Waals surface area contributed by atoms with Crippen LogP contribution in [0.25, 0.3) is 22.2 Å².